The first-order valence-electron chi connectivity index (χ1n) is 14.1. The average molecular weight is 565 g/mol. The summed E-state index contributed by atoms with van der Waals surface area (Å²) in [7, 11) is 0. The van der Waals surface area contributed by atoms with E-state index in [0.717, 1.165) is 11.1 Å². The fourth-order valence-electron chi connectivity index (χ4n) is 5.24. The Morgan fingerprint density at radius 3 is 2.49 bits per heavy atom. The molecular weight excluding hydrogens is 524 g/mol. The van der Waals surface area contributed by atoms with Crippen molar-refractivity contribution in [2.45, 2.75) is 78.1 Å². The molecule has 220 valence electrons. The van der Waals surface area contributed by atoms with Gasteiger partial charge in [0.15, 0.2) is 0 Å². The molecule has 0 spiro atoms. The van der Waals surface area contributed by atoms with Crippen molar-refractivity contribution in [2.75, 3.05) is 18.9 Å². The van der Waals surface area contributed by atoms with Gasteiger partial charge < -0.3 is 30.0 Å². The van der Waals surface area contributed by atoms with Crippen LogP contribution in [0.15, 0.2) is 42.9 Å². The largest absolute Gasteiger partial charge is 0.464 e. The topological polar surface area (TPSA) is 142 Å². The third-order valence-electron chi connectivity index (χ3n) is 7.39. The van der Waals surface area contributed by atoms with Gasteiger partial charge in [-0.1, -0.05) is 50.6 Å². The molecule has 3 aromatic rings. The number of amides is 2. The average Bonchev–Trinajstić information content (AvgIpc) is 3.54. The molecule has 41 heavy (non-hydrogen) atoms. The molecule has 1 fully saturated rings. The highest BCUT2D eigenvalue weighted by Crippen LogP contribution is 2.38. The van der Waals surface area contributed by atoms with E-state index in [0.29, 0.717) is 29.7 Å². The lowest BCUT2D eigenvalue weighted by atomic mass is 9.97. The minimum Gasteiger partial charge on any atom is -0.464 e. The van der Waals surface area contributed by atoms with Crippen LogP contribution < -0.4 is 11.1 Å². The second kappa shape index (κ2) is 12.2. The summed E-state index contributed by atoms with van der Waals surface area (Å²) in [5.74, 6) is -0.711. The number of ether oxygens (including phenoxy) is 2. The van der Waals surface area contributed by atoms with Gasteiger partial charge in [-0.3, -0.25) is 4.79 Å². The van der Waals surface area contributed by atoms with Crippen LogP contribution in [0.25, 0.3) is 22.2 Å². The number of benzene rings is 1. The predicted molar refractivity (Wildman–Crippen MR) is 156 cm³/mol. The fraction of sp³-hybridized carbons (Fsp3) is 0.500. The number of nitrogens with two attached hydrogens (primary N) is 1. The van der Waals surface area contributed by atoms with Crippen molar-refractivity contribution in [3.05, 3.63) is 42.9 Å². The van der Waals surface area contributed by atoms with Gasteiger partial charge in [0.1, 0.15) is 35.5 Å². The number of nitrogens with one attached hydrogen (secondary N) is 1. The highest BCUT2D eigenvalue weighted by molar-refractivity contribution is 6.00. The molecule has 0 radical (unpaired) electrons. The number of anilines is 1. The maximum Gasteiger partial charge on any atom is 0.408 e. The first kappa shape index (κ1) is 29.8. The summed E-state index contributed by atoms with van der Waals surface area (Å²) in [5, 5.41) is 3.47. The molecule has 3 heterocycles. The second-order valence-electron chi connectivity index (χ2n) is 11.4. The number of likely N-dealkylation sites (tertiary alicyclic amines) is 1. The Balaban J connectivity index is 1.72. The number of rotatable bonds is 8. The van der Waals surface area contributed by atoms with Crippen molar-refractivity contribution >= 4 is 34.8 Å². The highest BCUT2D eigenvalue weighted by atomic mass is 16.6. The molecule has 1 aliphatic rings. The lowest BCUT2D eigenvalue weighted by Gasteiger charge is -2.31. The predicted octanol–water partition coefficient (Wildman–Crippen LogP) is 4.33. The number of carbonyl (C=O) groups excluding carboxylic acids is 3. The van der Waals surface area contributed by atoms with Gasteiger partial charge in [0.2, 0.25) is 5.91 Å². The van der Waals surface area contributed by atoms with Crippen molar-refractivity contribution in [1.29, 1.82) is 0 Å². The van der Waals surface area contributed by atoms with Crippen molar-refractivity contribution < 1.29 is 23.9 Å². The van der Waals surface area contributed by atoms with Gasteiger partial charge in [-0.2, -0.15) is 0 Å². The third kappa shape index (κ3) is 6.44. The van der Waals surface area contributed by atoms with Crippen LogP contribution in [0.4, 0.5) is 10.6 Å². The summed E-state index contributed by atoms with van der Waals surface area (Å²) in [6.45, 7) is 11.2. The van der Waals surface area contributed by atoms with Crippen LogP contribution in [-0.2, 0) is 19.1 Å². The van der Waals surface area contributed by atoms with E-state index < -0.39 is 29.7 Å². The molecule has 0 aliphatic carbocycles. The number of carbonyl (C=O) groups is 3. The van der Waals surface area contributed by atoms with E-state index in [2.05, 4.69) is 15.3 Å². The summed E-state index contributed by atoms with van der Waals surface area (Å²) in [5.41, 5.74) is 8.02. The minimum atomic E-state index is -0.884. The lowest BCUT2D eigenvalue weighted by Crippen LogP contribution is -2.55. The standard InChI is InChI=1S/C30H40N6O5/c1-7-18(3)24(34-29(39)41-30(4,5)6)27(37)36-15-20(14-22(36)28(38)40-8-2)35-16-21(19-12-10-9-11-13-19)23-25(31)32-17-33-26(23)35/h9-13,16-18,20,22,24H,7-8,14-15H2,1-6H3,(H,34,39)(H2,31,32,33)/t18?,20-,22+,24?/m0/s1. The molecule has 4 rings (SSSR count). The van der Waals surface area contributed by atoms with Crippen LogP contribution in [0.1, 0.15) is 60.4 Å². The zero-order valence-corrected chi connectivity index (χ0v) is 24.6. The summed E-state index contributed by atoms with van der Waals surface area (Å²) in [4.78, 5) is 50.2. The first-order valence-corrected chi connectivity index (χ1v) is 14.1. The van der Waals surface area contributed by atoms with Gasteiger partial charge >= 0.3 is 12.1 Å². The lowest BCUT2D eigenvalue weighted by molar-refractivity contribution is -0.154. The van der Waals surface area contributed by atoms with Crippen LogP contribution in [0.5, 0.6) is 0 Å². The van der Waals surface area contributed by atoms with Crippen molar-refractivity contribution in [3.8, 4) is 11.1 Å². The van der Waals surface area contributed by atoms with Crippen molar-refractivity contribution in [3.63, 3.8) is 0 Å². The molecule has 3 N–H and O–H groups in total. The van der Waals surface area contributed by atoms with Crippen LogP contribution in [0.3, 0.4) is 0 Å². The quantitative estimate of drug-likeness (QED) is 0.385. The van der Waals surface area contributed by atoms with E-state index in [1.54, 1.807) is 27.7 Å². The SMILES string of the molecule is CCOC(=O)[C@H]1C[C@H](n2cc(-c3ccccc3)c3c(N)ncnc32)CN1C(=O)C(NC(=O)OC(C)(C)C)C(C)CC. The smallest absolute Gasteiger partial charge is 0.408 e. The Kier molecular flexibility index (Phi) is 8.84. The van der Waals surface area contributed by atoms with Crippen LogP contribution in [0.2, 0.25) is 0 Å². The maximum absolute atomic E-state index is 14.1. The first-order chi connectivity index (χ1) is 19.4. The van der Waals surface area contributed by atoms with E-state index in [9.17, 15) is 14.4 Å². The molecule has 1 aliphatic heterocycles. The Bertz CT molecular complexity index is 1400. The molecular formula is C30H40N6O5. The number of nitrogens with zero attached hydrogens (tertiary/aromatic N) is 4. The normalized spacial score (nSPS) is 18.6. The van der Waals surface area contributed by atoms with E-state index in [4.69, 9.17) is 15.2 Å². The number of alkyl carbamates (subject to hydrolysis) is 1. The van der Waals surface area contributed by atoms with Crippen molar-refractivity contribution in [1.82, 2.24) is 24.8 Å². The van der Waals surface area contributed by atoms with Crippen LogP contribution in [-0.4, -0.2) is 68.2 Å². The number of aromatic nitrogens is 3. The summed E-state index contributed by atoms with van der Waals surface area (Å²) in [6, 6.07) is 7.76. The number of fused-ring (bicyclic) bond motifs is 1. The molecule has 2 aromatic heterocycles. The van der Waals surface area contributed by atoms with E-state index in [-0.39, 0.29) is 31.0 Å². The van der Waals surface area contributed by atoms with Gasteiger partial charge in [0.25, 0.3) is 0 Å². The van der Waals surface area contributed by atoms with Gasteiger partial charge in [-0.15, -0.1) is 0 Å². The van der Waals surface area contributed by atoms with Gasteiger partial charge in [0.05, 0.1) is 18.0 Å². The Hall–Kier alpha value is -4.15. The molecule has 11 heteroatoms. The number of hydrogen-bond acceptors (Lipinski definition) is 8. The molecule has 2 unspecified atom stereocenters. The Morgan fingerprint density at radius 2 is 1.85 bits per heavy atom. The highest BCUT2D eigenvalue weighted by Gasteiger charge is 2.45. The molecule has 1 saturated heterocycles. The van der Waals surface area contributed by atoms with E-state index >= 15 is 0 Å². The second-order valence-corrected chi connectivity index (χ2v) is 11.4. The van der Waals surface area contributed by atoms with Crippen LogP contribution >= 0.6 is 0 Å². The third-order valence-corrected chi connectivity index (χ3v) is 7.39. The molecule has 11 nitrogen and oxygen atoms in total. The molecule has 2 amide bonds. The van der Waals surface area contributed by atoms with Gasteiger partial charge in [-0.05, 0) is 39.2 Å². The van der Waals surface area contributed by atoms with E-state index in [1.807, 2.05) is 54.9 Å². The van der Waals surface area contributed by atoms with Crippen LogP contribution in [0, 0.1) is 5.92 Å². The zero-order chi connectivity index (χ0) is 29.9. The fourth-order valence-corrected chi connectivity index (χ4v) is 5.24. The zero-order valence-electron chi connectivity index (χ0n) is 24.6. The Labute approximate surface area is 240 Å². The maximum atomic E-state index is 14.1. The summed E-state index contributed by atoms with van der Waals surface area (Å²) < 4.78 is 12.8. The monoisotopic (exact) mass is 564 g/mol. The summed E-state index contributed by atoms with van der Waals surface area (Å²) >= 11 is 0. The molecule has 1 aromatic carbocycles. The molecule has 4 atom stereocenters. The minimum absolute atomic E-state index is 0.182. The van der Waals surface area contributed by atoms with Gasteiger partial charge in [-0.25, -0.2) is 19.6 Å². The van der Waals surface area contributed by atoms with Gasteiger partial charge in [0, 0.05) is 24.7 Å². The number of hydrogen-bond donors (Lipinski definition) is 2. The number of nitrogen functional groups attached to an aromatic ring is 1. The summed E-state index contributed by atoms with van der Waals surface area (Å²) in [6.07, 6.45) is 3.62. The molecule has 0 bridgehead atoms. The van der Waals surface area contributed by atoms with Crippen molar-refractivity contribution in [2.24, 2.45) is 5.92 Å². The molecule has 0 saturated carbocycles. The Morgan fingerprint density at radius 1 is 1.15 bits per heavy atom. The van der Waals surface area contributed by atoms with E-state index in [1.165, 1.54) is 11.2 Å². The number of esters is 1.